The Hall–Kier alpha value is -4.51. The number of ether oxygens (including phenoxy) is 1. The largest absolute Gasteiger partial charge is 0.494 e. The van der Waals surface area contributed by atoms with E-state index in [1.807, 2.05) is 73.9 Å². The van der Waals surface area contributed by atoms with Gasteiger partial charge in [-0.1, -0.05) is 12.6 Å². The van der Waals surface area contributed by atoms with Crippen molar-refractivity contribution in [1.29, 1.82) is 0 Å². The third kappa shape index (κ3) is 5.42. The molecule has 4 rings (SSSR count). The van der Waals surface area contributed by atoms with Crippen molar-refractivity contribution in [2.45, 2.75) is 6.92 Å². The lowest BCUT2D eigenvalue weighted by Crippen LogP contribution is -2.28. The summed E-state index contributed by atoms with van der Waals surface area (Å²) in [5, 5.41) is 20.6. The first kappa shape index (κ1) is 26.6. The van der Waals surface area contributed by atoms with Crippen molar-refractivity contribution in [3.05, 3.63) is 65.0 Å². The molecule has 0 bridgehead atoms. The normalized spacial score (nSPS) is 11.1. The SMILES string of the molecule is C=C(C)c1c2cc(-c3ccnc(Nc4cc([N+](=O)[O-])c(N(C)CCN(C)C)cc4OC)n3)ccc2nn1C. The average Bonchev–Trinajstić information content (AvgIpc) is 3.22. The van der Waals surface area contributed by atoms with E-state index in [1.165, 1.54) is 13.2 Å². The molecule has 0 aliphatic heterocycles. The van der Waals surface area contributed by atoms with Crippen molar-refractivity contribution in [2.75, 3.05) is 51.6 Å². The van der Waals surface area contributed by atoms with E-state index in [0.717, 1.165) is 34.3 Å². The van der Waals surface area contributed by atoms with Gasteiger partial charge in [-0.25, -0.2) is 9.97 Å². The molecule has 1 N–H and O–H groups in total. The Bertz CT molecular complexity index is 1510. The van der Waals surface area contributed by atoms with Crippen molar-refractivity contribution in [3.63, 3.8) is 0 Å². The van der Waals surface area contributed by atoms with Gasteiger partial charge in [-0.3, -0.25) is 14.8 Å². The van der Waals surface area contributed by atoms with Gasteiger partial charge in [-0.05, 0) is 44.8 Å². The summed E-state index contributed by atoms with van der Waals surface area (Å²) >= 11 is 0. The Morgan fingerprint density at radius 3 is 2.61 bits per heavy atom. The lowest BCUT2D eigenvalue weighted by Gasteiger charge is -2.22. The number of nitrogens with one attached hydrogen (secondary N) is 1. The van der Waals surface area contributed by atoms with Crippen molar-refractivity contribution in [1.82, 2.24) is 24.6 Å². The molecule has 4 aromatic rings. The van der Waals surface area contributed by atoms with E-state index in [4.69, 9.17) is 4.74 Å². The minimum absolute atomic E-state index is 0.0416. The van der Waals surface area contributed by atoms with Gasteiger partial charge >= 0.3 is 0 Å². The zero-order valence-corrected chi connectivity index (χ0v) is 22.5. The molecule has 0 aliphatic rings. The summed E-state index contributed by atoms with van der Waals surface area (Å²) < 4.78 is 7.40. The maximum Gasteiger partial charge on any atom is 0.294 e. The maximum atomic E-state index is 11.9. The van der Waals surface area contributed by atoms with Crippen LogP contribution in [-0.4, -0.2) is 70.9 Å². The second-order valence-electron chi connectivity index (χ2n) is 9.40. The highest BCUT2D eigenvalue weighted by Crippen LogP contribution is 2.39. The molecule has 0 amide bonds. The van der Waals surface area contributed by atoms with Crippen molar-refractivity contribution in [3.8, 4) is 17.0 Å². The molecule has 0 spiro atoms. The first-order valence-corrected chi connectivity index (χ1v) is 12.0. The Kier molecular flexibility index (Phi) is 7.58. The molecular weight excluding hydrogens is 484 g/mol. The van der Waals surface area contributed by atoms with Crippen LogP contribution in [0, 0.1) is 10.1 Å². The number of anilines is 3. The van der Waals surface area contributed by atoms with Crippen LogP contribution >= 0.6 is 0 Å². The topological polar surface area (TPSA) is 114 Å². The number of aromatic nitrogens is 4. The number of nitro benzene ring substituents is 1. The Morgan fingerprint density at radius 1 is 1.18 bits per heavy atom. The lowest BCUT2D eigenvalue weighted by molar-refractivity contribution is -0.384. The molecule has 0 aliphatic carbocycles. The van der Waals surface area contributed by atoms with Crippen LogP contribution in [0.25, 0.3) is 27.7 Å². The van der Waals surface area contributed by atoms with Crippen molar-refractivity contribution >= 4 is 39.5 Å². The van der Waals surface area contributed by atoms with Crippen molar-refractivity contribution in [2.24, 2.45) is 7.05 Å². The minimum Gasteiger partial charge on any atom is -0.494 e. The number of fused-ring (bicyclic) bond motifs is 1. The van der Waals surface area contributed by atoms with E-state index in [1.54, 1.807) is 12.3 Å². The predicted molar refractivity (Wildman–Crippen MR) is 151 cm³/mol. The lowest BCUT2D eigenvalue weighted by atomic mass is 10.1. The van der Waals surface area contributed by atoms with Crippen LogP contribution in [0.15, 0.2) is 49.2 Å². The van der Waals surface area contributed by atoms with Gasteiger partial charge in [0.15, 0.2) is 0 Å². The molecule has 2 heterocycles. The summed E-state index contributed by atoms with van der Waals surface area (Å²) in [4.78, 5) is 24.4. The van der Waals surface area contributed by atoms with Crippen LogP contribution in [0.5, 0.6) is 5.75 Å². The molecule has 2 aromatic heterocycles. The monoisotopic (exact) mass is 516 g/mol. The predicted octanol–water partition coefficient (Wildman–Crippen LogP) is 4.72. The van der Waals surface area contributed by atoms with Crippen LogP contribution in [0.3, 0.4) is 0 Å². The number of hydrogen-bond donors (Lipinski definition) is 1. The highest BCUT2D eigenvalue weighted by Gasteiger charge is 2.22. The van der Waals surface area contributed by atoms with Gasteiger partial charge in [0.1, 0.15) is 11.4 Å². The van der Waals surface area contributed by atoms with E-state index >= 15 is 0 Å². The van der Waals surface area contributed by atoms with Gasteiger partial charge < -0.3 is 19.9 Å². The van der Waals surface area contributed by atoms with E-state index in [2.05, 4.69) is 27.0 Å². The first-order chi connectivity index (χ1) is 18.1. The number of allylic oxidation sites excluding steroid dienone is 1. The maximum absolute atomic E-state index is 11.9. The molecule has 0 saturated carbocycles. The number of nitrogens with zero attached hydrogens (tertiary/aromatic N) is 7. The quantitative estimate of drug-likeness (QED) is 0.236. The Balaban J connectivity index is 1.69. The summed E-state index contributed by atoms with van der Waals surface area (Å²) in [5.74, 6) is 0.731. The molecule has 0 saturated heterocycles. The molecule has 0 fully saturated rings. The van der Waals surface area contributed by atoms with E-state index < -0.39 is 4.92 Å². The average molecular weight is 517 g/mol. The van der Waals surface area contributed by atoms with Gasteiger partial charge in [0.25, 0.3) is 5.69 Å². The zero-order valence-electron chi connectivity index (χ0n) is 22.5. The number of rotatable bonds is 10. The van der Waals surface area contributed by atoms with Crippen molar-refractivity contribution < 1.29 is 9.66 Å². The number of methoxy groups -OCH3 is 1. The number of hydrogen-bond acceptors (Lipinski definition) is 9. The third-order valence-electron chi connectivity index (χ3n) is 6.22. The number of benzene rings is 2. The standard InChI is InChI=1S/C27H32N8O3/c1-17(2)26-19-14-18(8-9-21(19)31-34(26)6)20-10-11-28-27(29-20)30-22-15-24(35(36)37)23(16-25(22)38-7)33(5)13-12-32(3)4/h8-11,14-16H,1,12-13H2,2-7H3,(H,28,29,30). The highest BCUT2D eigenvalue weighted by molar-refractivity contribution is 5.92. The molecule has 0 unspecified atom stereocenters. The molecule has 198 valence electrons. The van der Waals surface area contributed by atoms with Crippen LogP contribution in [0.2, 0.25) is 0 Å². The molecular formula is C27H32N8O3. The fourth-order valence-corrected chi connectivity index (χ4v) is 4.31. The molecule has 11 nitrogen and oxygen atoms in total. The second kappa shape index (κ2) is 10.9. The van der Waals surface area contributed by atoms with Gasteiger partial charge in [0.05, 0.1) is 34.6 Å². The van der Waals surface area contributed by atoms with Crippen LogP contribution in [0.1, 0.15) is 12.6 Å². The van der Waals surface area contributed by atoms with Gasteiger partial charge in [-0.15, -0.1) is 0 Å². The van der Waals surface area contributed by atoms with E-state index in [0.29, 0.717) is 29.4 Å². The smallest absolute Gasteiger partial charge is 0.294 e. The molecule has 0 radical (unpaired) electrons. The summed E-state index contributed by atoms with van der Waals surface area (Å²) in [6.45, 7) is 7.39. The summed E-state index contributed by atoms with van der Waals surface area (Å²) in [6, 6.07) is 10.9. The van der Waals surface area contributed by atoms with E-state index in [9.17, 15) is 10.1 Å². The van der Waals surface area contributed by atoms with Crippen LogP contribution in [-0.2, 0) is 7.05 Å². The van der Waals surface area contributed by atoms with Gasteiger partial charge in [0.2, 0.25) is 5.95 Å². The fraction of sp³-hybridized carbons (Fsp3) is 0.296. The third-order valence-corrected chi connectivity index (χ3v) is 6.22. The Morgan fingerprint density at radius 2 is 1.95 bits per heavy atom. The summed E-state index contributed by atoms with van der Waals surface area (Å²) in [7, 11) is 9.16. The minimum atomic E-state index is -0.397. The summed E-state index contributed by atoms with van der Waals surface area (Å²) in [5.41, 5.74) is 5.14. The summed E-state index contributed by atoms with van der Waals surface area (Å²) in [6.07, 6.45) is 1.64. The van der Waals surface area contributed by atoms with Gasteiger partial charge in [-0.2, -0.15) is 5.10 Å². The molecule has 38 heavy (non-hydrogen) atoms. The zero-order chi connectivity index (χ0) is 27.6. The van der Waals surface area contributed by atoms with E-state index in [-0.39, 0.29) is 11.6 Å². The first-order valence-electron chi connectivity index (χ1n) is 12.0. The number of aryl methyl sites for hydroxylation is 1. The fourth-order valence-electron chi connectivity index (χ4n) is 4.31. The second-order valence-corrected chi connectivity index (χ2v) is 9.40. The molecule has 0 atom stereocenters. The Labute approximate surface area is 221 Å². The molecule has 2 aromatic carbocycles. The number of nitro groups is 1. The van der Waals surface area contributed by atoms with Gasteiger partial charge in [0, 0.05) is 56.5 Å². The number of likely N-dealkylation sites (N-methyl/N-ethyl adjacent to an activating group) is 2. The highest BCUT2D eigenvalue weighted by atomic mass is 16.6. The molecule has 11 heteroatoms. The van der Waals surface area contributed by atoms with Crippen LogP contribution in [0.4, 0.5) is 23.0 Å². The van der Waals surface area contributed by atoms with Crippen LogP contribution < -0.4 is 15.0 Å².